The van der Waals surface area contributed by atoms with Crippen LogP contribution in [0.25, 0.3) is 0 Å². The van der Waals surface area contributed by atoms with Crippen molar-refractivity contribution in [2.45, 2.75) is 72.2 Å². The second kappa shape index (κ2) is 15.2. The molecule has 0 aliphatic heterocycles. The van der Waals surface area contributed by atoms with Gasteiger partial charge in [-0.05, 0) is 0 Å². The van der Waals surface area contributed by atoms with Crippen LogP contribution in [0.15, 0.2) is 0 Å². The number of hydrogen-bond donors (Lipinski definition) is 0. The summed E-state index contributed by atoms with van der Waals surface area (Å²) in [6.45, 7) is 9.29. The molecule has 0 rings (SSSR count). The van der Waals surface area contributed by atoms with Gasteiger partial charge in [0.15, 0.2) is 0 Å². The van der Waals surface area contributed by atoms with E-state index < -0.39 is 66.8 Å². The van der Waals surface area contributed by atoms with Crippen molar-refractivity contribution in [3.8, 4) is 0 Å². The van der Waals surface area contributed by atoms with E-state index >= 15 is 0 Å². The van der Waals surface area contributed by atoms with E-state index in [4.69, 9.17) is 17.0 Å². The zero-order valence-electron chi connectivity index (χ0n) is 20.6. The third-order valence-corrected chi connectivity index (χ3v) is 18.1. The quantitative estimate of drug-likeness (QED) is 0.122. The van der Waals surface area contributed by atoms with Gasteiger partial charge in [0.25, 0.3) is 0 Å². The number of ketones is 3. The molecule has 0 aliphatic carbocycles. The van der Waals surface area contributed by atoms with E-state index in [-0.39, 0.29) is 26.4 Å². The van der Waals surface area contributed by atoms with Gasteiger partial charge in [-0.3, -0.25) is 0 Å². The number of ether oxygens (including phenoxy) is 3. The second-order valence-corrected chi connectivity index (χ2v) is 16.6. The minimum absolute atomic E-state index is 0.0673. The van der Waals surface area contributed by atoms with Crippen LogP contribution in [0.2, 0.25) is 10.9 Å². The molecule has 0 N–H and O–H groups in total. The first-order valence-corrected chi connectivity index (χ1v) is 16.4. The molecule has 11 heteroatoms. The Labute approximate surface area is 200 Å². The van der Waals surface area contributed by atoms with E-state index in [0.717, 1.165) is 20.8 Å². The van der Waals surface area contributed by atoms with Crippen molar-refractivity contribution in [2.24, 2.45) is 0 Å². The molecule has 0 spiro atoms. The van der Waals surface area contributed by atoms with Crippen LogP contribution in [0, 0.1) is 0 Å². The third-order valence-electron chi connectivity index (χ3n) is 4.99. The Morgan fingerprint density at radius 1 is 0.606 bits per heavy atom. The monoisotopic (exact) mass is 550 g/mol. The first-order valence-electron chi connectivity index (χ1n) is 11.1. The van der Waals surface area contributed by atoms with Gasteiger partial charge in [0.2, 0.25) is 0 Å². The van der Waals surface area contributed by atoms with E-state index in [2.05, 4.69) is 0 Å². The average Bonchev–Trinajstić information content (AvgIpc) is 2.68. The molecule has 0 amide bonds. The molecule has 0 aromatic carbocycles. The number of hydrogen-bond acceptors (Lipinski definition) is 10. The first-order chi connectivity index (χ1) is 15.5. The Morgan fingerprint density at radius 3 is 1.12 bits per heavy atom. The summed E-state index contributed by atoms with van der Waals surface area (Å²) < 4.78 is 16.3. The molecule has 3 atom stereocenters. The van der Waals surface area contributed by atoms with Gasteiger partial charge >= 0.3 is 200 Å². The molecular weight excluding hydrogens is 515 g/mol. The maximum atomic E-state index is 13.1. The molecule has 0 aromatic heterocycles. The van der Waals surface area contributed by atoms with Crippen molar-refractivity contribution >= 4 is 35.3 Å². The summed E-state index contributed by atoms with van der Waals surface area (Å²) in [7, 11) is 0. The van der Waals surface area contributed by atoms with Gasteiger partial charge in [-0.15, -0.1) is 0 Å². The van der Waals surface area contributed by atoms with Gasteiger partial charge in [-0.25, -0.2) is 0 Å². The molecule has 3 unspecified atom stereocenters. The standard InChI is InChI=1S/3C6H9O3.C4H9O.Zr/c3*1-3-9-6(8)4-5(2)7;1-2-3-4-5;/h3*4H,3H2,1-2H3;2-4H2,1H3;/q;;;-1;+1. The molecule has 188 valence electrons. The second-order valence-electron chi connectivity index (χ2n) is 7.44. The Bertz CT molecular complexity index is 644. The Hall–Kier alpha value is -1.74. The van der Waals surface area contributed by atoms with Crippen LogP contribution in [-0.2, 0) is 66.5 Å². The fraction of sp³-hybridized carbons (Fsp3) is 0.727. The summed E-state index contributed by atoms with van der Waals surface area (Å²) in [6.07, 6.45) is 1.08. The van der Waals surface area contributed by atoms with E-state index in [1.54, 1.807) is 0 Å². The van der Waals surface area contributed by atoms with Crippen LogP contribution in [0.1, 0.15) is 61.3 Å². The molecule has 0 saturated heterocycles. The number of esters is 3. The summed E-state index contributed by atoms with van der Waals surface area (Å²) in [5.74, 6) is -5.39. The van der Waals surface area contributed by atoms with Crippen LogP contribution < -0.4 is 0 Å². The maximum absolute atomic E-state index is 13.1. The van der Waals surface area contributed by atoms with Gasteiger partial charge in [0.1, 0.15) is 0 Å². The minimum atomic E-state index is -5.78. The van der Waals surface area contributed by atoms with Gasteiger partial charge in [-0.1, -0.05) is 0 Å². The fourth-order valence-corrected chi connectivity index (χ4v) is 16.8. The van der Waals surface area contributed by atoms with Crippen molar-refractivity contribution in [1.82, 2.24) is 0 Å². The predicted molar refractivity (Wildman–Crippen MR) is 114 cm³/mol. The summed E-state index contributed by atoms with van der Waals surface area (Å²) in [4.78, 5) is 77.9. The van der Waals surface area contributed by atoms with Crippen molar-refractivity contribution in [2.75, 3.05) is 26.4 Å². The molecule has 0 saturated carbocycles. The van der Waals surface area contributed by atoms with Crippen molar-refractivity contribution in [3.05, 3.63) is 0 Å². The number of Topliss-reactive ketones (excluding diaryl/α,β-unsaturated/α-hetero) is 3. The fourth-order valence-electron chi connectivity index (χ4n) is 3.82. The molecule has 0 heterocycles. The molecule has 10 nitrogen and oxygen atoms in total. The van der Waals surface area contributed by atoms with Gasteiger partial charge in [0, 0.05) is 0 Å². The number of unbranched alkanes of at least 4 members (excludes halogenated alkanes) is 1. The normalized spacial score (nSPS) is 15.4. The van der Waals surface area contributed by atoms with Crippen molar-refractivity contribution < 1.29 is 66.5 Å². The Kier molecular flexibility index (Phi) is 14.4. The van der Waals surface area contributed by atoms with Crippen LogP contribution >= 0.6 is 0 Å². The topological polar surface area (TPSA) is 139 Å². The van der Waals surface area contributed by atoms with E-state index in [1.165, 1.54) is 20.8 Å². The predicted octanol–water partition coefficient (Wildman–Crippen LogP) is 2.69. The van der Waals surface area contributed by atoms with E-state index in [9.17, 15) is 28.8 Å². The van der Waals surface area contributed by atoms with Gasteiger partial charge < -0.3 is 0 Å². The summed E-state index contributed by atoms with van der Waals surface area (Å²) >= 11 is -5.78. The molecule has 33 heavy (non-hydrogen) atoms. The molecule has 0 bridgehead atoms. The zero-order valence-corrected chi connectivity index (χ0v) is 23.0. The molecule has 0 aliphatic rings. The first kappa shape index (κ1) is 31.3. The van der Waals surface area contributed by atoms with Gasteiger partial charge in [0.05, 0.1) is 0 Å². The summed E-state index contributed by atoms with van der Waals surface area (Å²) in [6, 6.07) is 0. The number of carbonyl (C=O) groups is 6. The van der Waals surface area contributed by atoms with Gasteiger partial charge in [-0.2, -0.15) is 0 Å². The van der Waals surface area contributed by atoms with Crippen LogP contribution in [0.3, 0.4) is 0 Å². The molecule has 0 radical (unpaired) electrons. The zero-order chi connectivity index (χ0) is 25.8. The Balaban J connectivity index is 7.53. The average molecular weight is 552 g/mol. The van der Waals surface area contributed by atoms with Crippen molar-refractivity contribution in [1.29, 1.82) is 0 Å². The summed E-state index contributed by atoms with van der Waals surface area (Å²) in [5, 5.41) is 0. The van der Waals surface area contributed by atoms with E-state index in [0.29, 0.717) is 12.8 Å². The van der Waals surface area contributed by atoms with Crippen LogP contribution in [0.5, 0.6) is 0 Å². The molecule has 0 aromatic rings. The van der Waals surface area contributed by atoms with Crippen molar-refractivity contribution in [3.63, 3.8) is 0 Å². The Morgan fingerprint density at radius 2 is 0.909 bits per heavy atom. The number of carbonyl (C=O) groups excluding carboxylic acids is 6. The van der Waals surface area contributed by atoms with E-state index in [1.807, 2.05) is 6.92 Å². The third kappa shape index (κ3) is 7.92. The van der Waals surface area contributed by atoms with Crippen LogP contribution in [0.4, 0.5) is 0 Å². The summed E-state index contributed by atoms with van der Waals surface area (Å²) in [5.41, 5.74) is 0. The SMILES string of the molecule is CCCC[O][Zr]([CH](C(C)=O)C(=O)OCC)([CH](C(C)=O)C(=O)OCC)[CH](C(C)=O)C(=O)OCC. The molecular formula is C22H36O10Zr. The number of rotatable bonds is 16. The van der Waals surface area contributed by atoms with Crippen LogP contribution in [-0.4, -0.2) is 61.7 Å². The molecule has 0 fully saturated rings.